The van der Waals surface area contributed by atoms with Crippen molar-refractivity contribution in [3.8, 4) is 0 Å². The molecule has 0 spiro atoms. The molecule has 1 aromatic heterocycles. The molecule has 1 aromatic rings. The van der Waals surface area contributed by atoms with Crippen molar-refractivity contribution >= 4 is 5.82 Å². The molecule has 0 aliphatic heterocycles. The Kier molecular flexibility index (Phi) is 7.61. The molecule has 0 saturated carbocycles. The van der Waals surface area contributed by atoms with E-state index in [2.05, 4.69) is 49.7 Å². The van der Waals surface area contributed by atoms with Gasteiger partial charge in [0.2, 0.25) is 0 Å². The smallest absolute Gasteiger partial charge is 0.128 e. The maximum Gasteiger partial charge on any atom is 0.128 e. The first-order chi connectivity index (χ1) is 7.65. The molecular weight excluding hydrogens is 196 g/mol. The van der Waals surface area contributed by atoms with E-state index in [1.165, 1.54) is 5.56 Å². The van der Waals surface area contributed by atoms with Crippen LogP contribution in [0.4, 0.5) is 5.82 Å². The number of nitrogens with zero attached hydrogens (tertiary/aromatic N) is 2. The molecule has 2 heteroatoms. The van der Waals surface area contributed by atoms with E-state index < -0.39 is 0 Å². The maximum atomic E-state index is 4.44. The Labute approximate surface area is 101 Å². The molecule has 1 rings (SSSR count). The number of rotatable bonds is 4. The summed E-state index contributed by atoms with van der Waals surface area (Å²) in [5.41, 5.74) is 1.22. The first-order valence-corrected chi connectivity index (χ1v) is 6.34. The summed E-state index contributed by atoms with van der Waals surface area (Å²) in [5, 5.41) is 0. The highest BCUT2D eigenvalue weighted by Crippen LogP contribution is 2.14. The molecular formula is C14H26N2. The minimum Gasteiger partial charge on any atom is -0.354 e. The lowest BCUT2D eigenvalue weighted by Crippen LogP contribution is -2.32. The van der Waals surface area contributed by atoms with Gasteiger partial charge in [-0.05, 0) is 38.8 Å². The number of hydrogen-bond donors (Lipinski definition) is 0. The van der Waals surface area contributed by atoms with Gasteiger partial charge in [0, 0.05) is 18.8 Å². The Morgan fingerprint density at radius 3 is 2.25 bits per heavy atom. The van der Waals surface area contributed by atoms with Crippen LogP contribution in [0.25, 0.3) is 0 Å². The van der Waals surface area contributed by atoms with E-state index in [1.54, 1.807) is 0 Å². The zero-order chi connectivity index (χ0) is 12.6. The summed E-state index contributed by atoms with van der Waals surface area (Å²) in [7, 11) is 0. The highest BCUT2D eigenvalue weighted by Gasteiger charge is 2.09. The van der Waals surface area contributed by atoms with Crippen molar-refractivity contribution in [2.24, 2.45) is 0 Å². The van der Waals surface area contributed by atoms with Gasteiger partial charge < -0.3 is 4.90 Å². The van der Waals surface area contributed by atoms with E-state index in [4.69, 9.17) is 0 Å². The van der Waals surface area contributed by atoms with Crippen molar-refractivity contribution < 1.29 is 0 Å². The lowest BCUT2D eigenvalue weighted by atomic mass is 10.2. The van der Waals surface area contributed by atoms with E-state index in [0.717, 1.165) is 18.8 Å². The van der Waals surface area contributed by atoms with Crippen molar-refractivity contribution in [3.63, 3.8) is 0 Å². The second kappa shape index (κ2) is 8.14. The molecule has 0 amide bonds. The van der Waals surface area contributed by atoms with Crippen molar-refractivity contribution in [2.75, 3.05) is 11.4 Å². The Hall–Kier alpha value is -1.05. The summed E-state index contributed by atoms with van der Waals surface area (Å²) in [6.07, 6.45) is 3.09. The summed E-state index contributed by atoms with van der Waals surface area (Å²) in [4.78, 5) is 6.78. The monoisotopic (exact) mass is 222 g/mol. The largest absolute Gasteiger partial charge is 0.354 e. The van der Waals surface area contributed by atoms with Crippen molar-refractivity contribution in [1.29, 1.82) is 0 Å². The lowest BCUT2D eigenvalue weighted by molar-refractivity contribution is 0.662. The van der Waals surface area contributed by atoms with Crippen LogP contribution in [0.1, 0.15) is 46.6 Å². The molecule has 2 nitrogen and oxygen atoms in total. The summed E-state index contributed by atoms with van der Waals surface area (Å²) in [5.74, 6) is 1.09. The molecule has 92 valence electrons. The fraction of sp³-hybridized carbons (Fsp3) is 0.643. The van der Waals surface area contributed by atoms with Crippen LogP contribution in [0, 0.1) is 6.92 Å². The summed E-state index contributed by atoms with van der Waals surface area (Å²) in [6, 6.07) is 4.74. The predicted molar refractivity (Wildman–Crippen MR) is 73.1 cm³/mol. The topological polar surface area (TPSA) is 16.1 Å². The molecule has 0 N–H and O–H groups in total. The molecule has 0 atom stereocenters. The van der Waals surface area contributed by atoms with Crippen LogP contribution >= 0.6 is 0 Å². The van der Waals surface area contributed by atoms with Gasteiger partial charge in [-0.2, -0.15) is 0 Å². The Bertz CT molecular complexity index is 265. The maximum absolute atomic E-state index is 4.44. The average Bonchev–Trinajstić information content (AvgIpc) is 2.30. The van der Waals surface area contributed by atoms with Crippen LogP contribution in [-0.2, 0) is 0 Å². The predicted octanol–water partition coefficient (Wildman–Crippen LogP) is 4.04. The van der Waals surface area contributed by atoms with Crippen LogP contribution in [0.5, 0.6) is 0 Å². The van der Waals surface area contributed by atoms with Gasteiger partial charge in [0.1, 0.15) is 5.82 Å². The molecule has 0 aromatic carbocycles. The molecule has 16 heavy (non-hydrogen) atoms. The van der Waals surface area contributed by atoms with Gasteiger partial charge in [-0.15, -0.1) is 0 Å². The van der Waals surface area contributed by atoms with E-state index in [0.29, 0.717) is 6.04 Å². The van der Waals surface area contributed by atoms with Gasteiger partial charge in [0.05, 0.1) is 0 Å². The second-order valence-electron chi connectivity index (χ2n) is 3.98. The number of aromatic nitrogens is 1. The Balaban J connectivity index is 0.00000106. The van der Waals surface area contributed by atoms with Crippen LogP contribution in [-0.4, -0.2) is 17.6 Å². The molecule has 0 radical (unpaired) electrons. The molecule has 0 bridgehead atoms. The third kappa shape index (κ3) is 4.65. The highest BCUT2D eigenvalue weighted by atomic mass is 15.2. The van der Waals surface area contributed by atoms with Crippen molar-refractivity contribution in [2.45, 2.75) is 54.0 Å². The summed E-state index contributed by atoms with van der Waals surface area (Å²) >= 11 is 0. The normalized spacial score (nSPS) is 9.69. The number of hydrogen-bond acceptors (Lipinski definition) is 2. The third-order valence-electron chi connectivity index (χ3n) is 2.28. The van der Waals surface area contributed by atoms with Gasteiger partial charge in [0.15, 0.2) is 0 Å². The standard InChI is InChI=1S/C12H20N2.C2H6/c1-5-8-14(10(2)3)12-7-6-11(4)9-13-12;1-2/h6-7,9-10H,5,8H2,1-4H3;1-2H3. The zero-order valence-electron chi connectivity index (χ0n) is 11.6. The first-order valence-electron chi connectivity index (χ1n) is 6.34. The van der Waals surface area contributed by atoms with Gasteiger partial charge in [0.25, 0.3) is 0 Å². The molecule has 0 saturated heterocycles. The molecule has 1 heterocycles. The van der Waals surface area contributed by atoms with E-state index in [9.17, 15) is 0 Å². The molecule has 0 aliphatic rings. The first kappa shape index (κ1) is 14.9. The fourth-order valence-corrected chi connectivity index (χ4v) is 1.51. The van der Waals surface area contributed by atoms with Gasteiger partial charge >= 0.3 is 0 Å². The minimum absolute atomic E-state index is 0.519. The van der Waals surface area contributed by atoms with Gasteiger partial charge in [-0.3, -0.25) is 0 Å². The van der Waals surface area contributed by atoms with Crippen LogP contribution in [0.2, 0.25) is 0 Å². The SMILES string of the molecule is CC.CCCN(c1ccc(C)cn1)C(C)C. The number of anilines is 1. The Morgan fingerprint density at radius 1 is 1.25 bits per heavy atom. The molecule has 0 fully saturated rings. The summed E-state index contributed by atoms with van der Waals surface area (Å²) < 4.78 is 0. The van der Waals surface area contributed by atoms with E-state index >= 15 is 0 Å². The van der Waals surface area contributed by atoms with E-state index in [1.807, 2.05) is 20.0 Å². The lowest BCUT2D eigenvalue weighted by Gasteiger charge is -2.27. The van der Waals surface area contributed by atoms with Crippen LogP contribution in [0.3, 0.4) is 0 Å². The third-order valence-corrected chi connectivity index (χ3v) is 2.28. The van der Waals surface area contributed by atoms with Gasteiger partial charge in [-0.25, -0.2) is 4.98 Å². The van der Waals surface area contributed by atoms with Crippen molar-refractivity contribution in [1.82, 2.24) is 4.98 Å². The van der Waals surface area contributed by atoms with Crippen LogP contribution in [0.15, 0.2) is 18.3 Å². The fourth-order valence-electron chi connectivity index (χ4n) is 1.51. The average molecular weight is 222 g/mol. The zero-order valence-corrected chi connectivity index (χ0v) is 11.6. The van der Waals surface area contributed by atoms with Crippen molar-refractivity contribution in [3.05, 3.63) is 23.9 Å². The second-order valence-corrected chi connectivity index (χ2v) is 3.98. The molecule has 0 unspecified atom stereocenters. The minimum atomic E-state index is 0.519. The molecule has 0 aliphatic carbocycles. The van der Waals surface area contributed by atoms with Gasteiger partial charge in [-0.1, -0.05) is 26.8 Å². The van der Waals surface area contributed by atoms with Crippen LogP contribution < -0.4 is 4.90 Å². The number of pyridine rings is 1. The van der Waals surface area contributed by atoms with E-state index in [-0.39, 0.29) is 0 Å². The Morgan fingerprint density at radius 2 is 1.88 bits per heavy atom. The number of aryl methyl sites for hydroxylation is 1. The summed E-state index contributed by atoms with van der Waals surface area (Å²) in [6.45, 7) is 13.8. The highest BCUT2D eigenvalue weighted by molar-refractivity contribution is 5.39. The quantitative estimate of drug-likeness (QED) is 0.764.